The van der Waals surface area contributed by atoms with E-state index in [2.05, 4.69) is 11.5 Å². The highest BCUT2D eigenvalue weighted by Crippen LogP contribution is 1.96. The number of ether oxygens (including phenoxy) is 1. The Morgan fingerprint density at radius 1 is 1.36 bits per heavy atom. The molecule has 0 heterocycles. The second kappa shape index (κ2) is 9.21. The summed E-state index contributed by atoms with van der Waals surface area (Å²) in [7, 11) is 4.06. The summed E-state index contributed by atoms with van der Waals surface area (Å²) in [5, 5.41) is 0. The van der Waals surface area contributed by atoms with E-state index in [1.165, 1.54) is 0 Å². The first kappa shape index (κ1) is 16.1. The molecule has 0 bridgehead atoms. The van der Waals surface area contributed by atoms with Gasteiger partial charge in [-0.15, -0.1) is 17.0 Å². The number of esters is 1. The van der Waals surface area contributed by atoms with Crippen molar-refractivity contribution >= 4 is 23.0 Å². The van der Waals surface area contributed by atoms with Crippen LogP contribution in [0.4, 0.5) is 0 Å². The first-order valence-corrected chi connectivity index (χ1v) is 4.51. The Balaban J connectivity index is 0. The number of unbranched alkanes of at least 4 members (excludes halogenated alkanes) is 1. The van der Waals surface area contributed by atoms with Crippen LogP contribution in [0.2, 0.25) is 0 Å². The Morgan fingerprint density at radius 3 is 2.36 bits per heavy atom. The summed E-state index contributed by atoms with van der Waals surface area (Å²) in [6, 6.07) is 0. The Hall–Kier alpha value is -0.350. The van der Waals surface area contributed by atoms with E-state index >= 15 is 0 Å². The van der Waals surface area contributed by atoms with Gasteiger partial charge in [-0.2, -0.15) is 0 Å². The van der Waals surface area contributed by atoms with E-state index in [9.17, 15) is 4.79 Å². The zero-order chi connectivity index (χ0) is 10.3. The van der Waals surface area contributed by atoms with Gasteiger partial charge in [0.05, 0.1) is 6.61 Å². The Kier molecular flexibility index (Phi) is 10.6. The van der Waals surface area contributed by atoms with Gasteiger partial charge in [0.15, 0.2) is 0 Å². The molecule has 4 heteroatoms. The Bertz CT molecular complexity index is 181. The monoisotopic (exact) mass is 265 g/mol. The van der Waals surface area contributed by atoms with Crippen LogP contribution in [0.25, 0.3) is 0 Å². The number of hydrogen-bond acceptors (Lipinski definition) is 3. The molecule has 0 aliphatic rings. The summed E-state index contributed by atoms with van der Waals surface area (Å²) in [6.45, 7) is 6.69. The molecule has 0 spiro atoms. The topological polar surface area (TPSA) is 29.5 Å². The van der Waals surface area contributed by atoms with Crippen LogP contribution in [-0.4, -0.2) is 38.1 Å². The highest BCUT2D eigenvalue weighted by molar-refractivity contribution is 8.93. The van der Waals surface area contributed by atoms with Gasteiger partial charge in [0.25, 0.3) is 0 Å². The van der Waals surface area contributed by atoms with Gasteiger partial charge in [0, 0.05) is 5.57 Å². The first-order valence-electron chi connectivity index (χ1n) is 4.51. The van der Waals surface area contributed by atoms with Crippen molar-refractivity contribution in [2.45, 2.75) is 19.8 Å². The largest absolute Gasteiger partial charge is 0.462 e. The van der Waals surface area contributed by atoms with Crippen LogP contribution in [-0.2, 0) is 9.53 Å². The van der Waals surface area contributed by atoms with Crippen LogP contribution in [0.5, 0.6) is 0 Å². The lowest BCUT2D eigenvalue weighted by atomic mass is 10.3. The molecule has 0 aliphatic heterocycles. The van der Waals surface area contributed by atoms with Gasteiger partial charge in [-0.1, -0.05) is 6.58 Å². The van der Waals surface area contributed by atoms with Crippen molar-refractivity contribution in [3.8, 4) is 0 Å². The summed E-state index contributed by atoms with van der Waals surface area (Å²) in [5.41, 5.74) is 0.465. The van der Waals surface area contributed by atoms with E-state index in [-0.39, 0.29) is 23.0 Å². The zero-order valence-electron chi connectivity index (χ0n) is 9.21. The van der Waals surface area contributed by atoms with E-state index in [0.29, 0.717) is 12.2 Å². The normalized spacial score (nSPS) is 9.43. The first-order chi connectivity index (χ1) is 6.04. The maximum Gasteiger partial charge on any atom is 0.333 e. The van der Waals surface area contributed by atoms with Gasteiger partial charge in [-0.05, 0) is 40.4 Å². The van der Waals surface area contributed by atoms with Crippen molar-refractivity contribution in [3.63, 3.8) is 0 Å². The molecule has 14 heavy (non-hydrogen) atoms. The molecule has 0 aromatic rings. The molecule has 0 unspecified atom stereocenters. The molecule has 0 radical (unpaired) electrons. The minimum atomic E-state index is -0.287. The van der Waals surface area contributed by atoms with Crippen molar-refractivity contribution in [2.75, 3.05) is 27.2 Å². The van der Waals surface area contributed by atoms with E-state index in [1.54, 1.807) is 6.92 Å². The summed E-state index contributed by atoms with van der Waals surface area (Å²) in [4.78, 5) is 13.0. The van der Waals surface area contributed by atoms with Crippen molar-refractivity contribution < 1.29 is 9.53 Å². The molecule has 0 atom stereocenters. The van der Waals surface area contributed by atoms with Crippen molar-refractivity contribution in [1.82, 2.24) is 4.90 Å². The van der Waals surface area contributed by atoms with Crippen LogP contribution in [0.3, 0.4) is 0 Å². The van der Waals surface area contributed by atoms with E-state index in [1.807, 2.05) is 14.1 Å². The van der Waals surface area contributed by atoms with E-state index < -0.39 is 0 Å². The number of nitrogens with zero attached hydrogens (tertiary/aromatic N) is 1. The minimum absolute atomic E-state index is 0. The van der Waals surface area contributed by atoms with Crippen molar-refractivity contribution in [1.29, 1.82) is 0 Å². The molecule has 0 rings (SSSR count). The standard InChI is InChI=1S/C10H19NO2.BrH/c1-9(2)10(12)13-8-6-5-7-11(3)4;/h1,5-8H2,2-4H3;1H. The Labute approximate surface area is 96.9 Å². The zero-order valence-corrected chi connectivity index (χ0v) is 10.9. The van der Waals surface area contributed by atoms with Gasteiger partial charge in [0.2, 0.25) is 0 Å². The summed E-state index contributed by atoms with van der Waals surface area (Å²) in [6.07, 6.45) is 1.97. The fraction of sp³-hybridized carbons (Fsp3) is 0.700. The average molecular weight is 266 g/mol. The molecule has 0 amide bonds. The van der Waals surface area contributed by atoms with Crippen molar-refractivity contribution in [2.24, 2.45) is 0 Å². The predicted molar refractivity (Wildman–Crippen MR) is 63.9 cm³/mol. The predicted octanol–water partition coefficient (Wildman–Crippen LogP) is 2.03. The van der Waals surface area contributed by atoms with Gasteiger partial charge in [-0.3, -0.25) is 0 Å². The maximum atomic E-state index is 10.9. The molecule has 0 saturated carbocycles. The molecule has 3 nitrogen and oxygen atoms in total. The van der Waals surface area contributed by atoms with Crippen LogP contribution in [0, 0.1) is 0 Å². The average Bonchev–Trinajstić information content (AvgIpc) is 2.02. The Morgan fingerprint density at radius 2 is 1.93 bits per heavy atom. The van der Waals surface area contributed by atoms with Crippen LogP contribution in [0.15, 0.2) is 12.2 Å². The quantitative estimate of drug-likeness (QED) is 0.418. The number of carbonyl (C=O) groups is 1. The summed E-state index contributed by atoms with van der Waals surface area (Å²) < 4.78 is 4.93. The van der Waals surface area contributed by atoms with Gasteiger partial charge < -0.3 is 9.64 Å². The van der Waals surface area contributed by atoms with Crippen LogP contribution in [0.1, 0.15) is 19.8 Å². The SMILES string of the molecule is Br.C=C(C)C(=O)OCCCCN(C)C. The summed E-state index contributed by atoms with van der Waals surface area (Å²) in [5.74, 6) is -0.287. The highest BCUT2D eigenvalue weighted by atomic mass is 79.9. The second-order valence-corrected chi connectivity index (χ2v) is 3.43. The van der Waals surface area contributed by atoms with Gasteiger partial charge >= 0.3 is 5.97 Å². The second-order valence-electron chi connectivity index (χ2n) is 3.43. The third-order valence-corrected chi connectivity index (χ3v) is 1.58. The van der Waals surface area contributed by atoms with Crippen LogP contribution >= 0.6 is 17.0 Å². The molecule has 0 aromatic carbocycles. The maximum absolute atomic E-state index is 10.9. The lowest BCUT2D eigenvalue weighted by molar-refractivity contribution is -0.139. The molecular formula is C10H20BrNO2. The minimum Gasteiger partial charge on any atom is -0.462 e. The lowest BCUT2D eigenvalue weighted by Gasteiger charge is -2.08. The third kappa shape index (κ3) is 9.74. The highest BCUT2D eigenvalue weighted by Gasteiger charge is 2.01. The number of halogens is 1. The molecule has 84 valence electrons. The molecule has 0 fully saturated rings. The lowest BCUT2D eigenvalue weighted by Crippen LogP contribution is -2.14. The van der Waals surface area contributed by atoms with Gasteiger partial charge in [0.1, 0.15) is 0 Å². The third-order valence-electron chi connectivity index (χ3n) is 1.58. The molecule has 0 aromatic heterocycles. The smallest absolute Gasteiger partial charge is 0.333 e. The molecule has 0 aliphatic carbocycles. The van der Waals surface area contributed by atoms with E-state index in [4.69, 9.17) is 4.74 Å². The van der Waals surface area contributed by atoms with Crippen molar-refractivity contribution in [3.05, 3.63) is 12.2 Å². The van der Waals surface area contributed by atoms with Gasteiger partial charge in [-0.25, -0.2) is 4.79 Å². The molecular weight excluding hydrogens is 246 g/mol. The van der Waals surface area contributed by atoms with E-state index in [0.717, 1.165) is 19.4 Å². The number of carbonyl (C=O) groups excluding carboxylic acids is 1. The fourth-order valence-electron chi connectivity index (χ4n) is 0.818. The number of hydrogen-bond donors (Lipinski definition) is 0. The van der Waals surface area contributed by atoms with Crippen LogP contribution < -0.4 is 0 Å². The molecule has 0 N–H and O–H groups in total. The summed E-state index contributed by atoms with van der Waals surface area (Å²) >= 11 is 0. The number of rotatable bonds is 6. The molecule has 0 saturated heterocycles. The fourth-order valence-corrected chi connectivity index (χ4v) is 0.818.